The van der Waals surface area contributed by atoms with Gasteiger partial charge in [-0.1, -0.05) is 48.5 Å². The number of carbonyl (C=O) groups excluding carboxylic acids is 2. The molecular weight excluding hydrogens is 415 g/mol. The van der Waals surface area contributed by atoms with Crippen molar-refractivity contribution in [2.45, 2.75) is 44.9 Å². The first-order valence-corrected chi connectivity index (χ1v) is 12.0. The zero-order chi connectivity index (χ0) is 21.9. The van der Waals surface area contributed by atoms with Crippen LogP contribution in [0.4, 0.5) is 4.79 Å². The van der Waals surface area contributed by atoms with Gasteiger partial charge < -0.3 is 19.3 Å². The molecular formula is C23H29N2O5P. The quantitative estimate of drug-likeness (QED) is 0.395. The lowest BCUT2D eigenvalue weighted by Crippen LogP contribution is -2.38. The molecule has 1 saturated carbocycles. The van der Waals surface area contributed by atoms with Gasteiger partial charge in [0.15, 0.2) is 8.30 Å². The Bertz CT molecular complexity index is 817. The van der Waals surface area contributed by atoms with Crippen molar-refractivity contribution in [2.24, 2.45) is 0 Å². The lowest BCUT2D eigenvalue weighted by atomic mass is 9.96. The number of esters is 1. The molecule has 0 aromatic heterocycles. The van der Waals surface area contributed by atoms with Crippen molar-refractivity contribution < 1.29 is 23.6 Å². The molecule has 1 aliphatic carbocycles. The Balaban J connectivity index is 1.46. The summed E-state index contributed by atoms with van der Waals surface area (Å²) < 4.78 is 16.8. The number of hydrogen-bond donors (Lipinski definition) is 2. The Hall–Kier alpha value is -2.63. The van der Waals surface area contributed by atoms with Crippen LogP contribution in [-0.2, 0) is 20.9 Å². The minimum Gasteiger partial charge on any atom is -0.461 e. The normalized spacial score (nSPS) is 15.3. The SMILES string of the molecule is CC(NP(CCNC(=O)OCc1ccccc1)Oc1ccccc1)C(=O)OC1CCC1. The lowest BCUT2D eigenvalue weighted by molar-refractivity contribution is -0.154. The van der Waals surface area contributed by atoms with Crippen LogP contribution in [-0.4, -0.2) is 36.9 Å². The molecule has 2 N–H and O–H groups in total. The van der Waals surface area contributed by atoms with E-state index in [0.29, 0.717) is 18.5 Å². The number of ether oxygens (including phenoxy) is 2. The molecule has 0 aliphatic heterocycles. The summed E-state index contributed by atoms with van der Waals surface area (Å²) in [4.78, 5) is 24.3. The Morgan fingerprint density at radius 1 is 1.06 bits per heavy atom. The lowest BCUT2D eigenvalue weighted by Gasteiger charge is -2.28. The summed E-state index contributed by atoms with van der Waals surface area (Å²) in [6, 6.07) is 18.4. The van der Waals surface area contributed by atoms with Crippen molar-refractivity contribution >= 4 is 20.4 Å². The maximum Gasteiger partial charge on any atom is 0.407 e. The molecule has 0 saturated heterocycles. The summed E-state index contributed by atoms with van der Waals surface area (Å²) in [6.45, 7) is 2.33. The maximum absolute atomic E-state index is 12.3. The van der Waals surface area contributed by atoms with Gasteiger partial charge in [-0.15, -0.1) is 0 Å². The van der Waals surface area contributed by atoms with Crippen molar-refractivity contribution in [1.82, 2.24) is 10.4 Å². The van der Waals surface area contributed by atoms with Gasteiger partial charge in [-0.05, 0) is 43.9 Å². The van der Waals surface area contributed by atoms with Gasteiger partial charge in [0, 0.05) is 12.7 Å². The van der Waals surface area contributed by atoms with Gasteiger partial charge in [0.25, 0.3) is 0 Å². The van der Waals surface area contributed by atoms with E-state index < -0.39 is 20.4 Å². The predicted molar refractivity (Wildman–Crippen MR) is 120 cm³/mol. The second kappa shape index (κ2) is 12.3. The summed E-state index contributed by atoms with van der Waals surface area (Å²) in [5.41, 5.74) is 0.924. The van der Waals surface area contributed by atoms with Crippen LogP contribution >= 0.6 is 8.30 Å². The van der Waals surface area contributed by atoms with E-state index in [1.54, 1.807) is 6.92 Å². The molecule has 2 aromatic rings. The third-order valence-electron chi connectivity index (χ3n) is 4.78. The van der Waals surface area contributed by atoms with Crippen LogP contribution in [0.2, 0.25) is 0 Å². The number of nitrogens with one attached hydrogen (secondary N) is 2. The van der Waals surface area contributed by atoms with Crippen molar-refractivity contribution in [3.8, 4) is 5.75 Å². The van der Waals surface area contributed by atoms with E-state index >= 15 is 0 Å². The van der Waals surface area contributed by atoms with Crippen molar-refractivity contribution in [1.29, 1.82) is 0 Å². The molecule has 2 unspecified atom stereocenters. The summed E-state index contributed by atoms with van der Waals surface area (Å²) >= 11 is 0. The minimum atomic E-state index is -1.22. The summed E-state index contributed by atoms with van der Waals surface area (Å²) in [5.74, 6) is 0.427. The van der Waals surface area contributed by atoms with E-state index in [4.69, 9.17) is 14.0 Å². The topological polar surface area (TPSA) is 85.9 Å². The van der Waals surface area contributed by atoms with E-state index in [0.717, 1.165) is 24.8 Å². The van der Waals surface area contributed by atoms with Crippen LogP contribution in [0.1, 0.15) is 31.7 Å². The molecule has 1 aliphatic rings. The molecule has 0 heterocycles. The van der Waals surface area contributed by atoms with Crippen LogP contribution in [0.5, 0.6) is 5.75 Å². The number of rotatable bonds is 11. The van der Waals surface area contributed by atoms with Crippen molar-refractivity contribution in [3.63, 3.8) is 0 Å². The van der Waals surface area contributed by atoms with Gasteiger partial charge in [-0.25, -0.2) is 4.79 Å². The van der Waals surface area contributed by atoms with Crippen LogP contribution in [0.3, 0.4) is 0 Å². The Kier molecular flexibility index (Phi) is 9.13. The van der Waals surface area contributed by atoms with Crippen LogP contribution < -0.4 is 14.9 Å². The fourth-order valence-electron chi connectivity index (χ4n) is 2.80. The molecule has 0 spiro atoms. The minimum absolute atomic E-state index is 0.0408. The number of benzene rings is 2. The first-order chi connectivity index (χ1) is 15.1. The van der Waals surface area contributed by atoms with E-state index in [2.05, 4.69) is 10.4 Å². The molecule has 8 heteroatoms. The smallest absolute Gasteiger partial charge is 0.407 e. The van der Waals surface area contributed by atoms with Gasteiger partial charge in [-0.3, -0.25) is 9.88 Å². The first-order valence-electron chi connectivity index (χ1n) is 10.5. The predicted octanol–water partition coefficient (Wildman–Crippen LogP) is 4.38. The zero-order valence-electron chi connectivity index (χ0n) is 17.7. The van der Waals surface area contributed by atoms with Gasteiger partial charge >= 0.3 is 12.1 Å². The highest BCUT2D eigenvalue weighted by molar-refractivity contribution is 7.50. The van der Waals surface area contributed by atoms with E-state index in [1.807, 2.05) is 60.7 Å². The van der Waals surface area contributed by atoms with E-state index in [-0.39, 0.29) is 18.7 Å². The zero-order valence-corrected chi connectivity index (χ0v) is 18.6. The largest absolute Gasteiger partial charge is 0.461 e. The standard InChI is InChI=1S/C23H29N2O5P/c1-18(22(26)29-20-13-8-14-20)25-31(30-21-11-6-3-7-12-21)16-15-24-23(27)28-17-19-9-4-2-5-10-19/h2-7,9-12,18,20,25H,8,13-17H2,1H3,(H,24,27). The highest BCUT2D eigenvalue weighted by Gasteiger charge is 2.26. The highest BCUT2D eigenvalue weighted by Crippen LogP contribution is 2.34. The van der Waals surface area contributed by atoms with Crippen LogP contribution in [0.25, 0.3) is 0 Å². The third-order valence-corrected chi connectivity index (χ3v) is 6.52. The second-order valence-electron chi connectivity index (χ2n) is 7.34. The number of carbonyl (C=O) groups is 2. The molecule has 166 valence electrons. The molecule has 31 heavy (non-hydrogen) atoms. The Morgan fingerprint density at radius 3 is 2.39 bits per heavy atom. The fourth-order valence-corrected chi connectivity index (χ4v) is 4.30. The third kappa shape index (κ3) is 8.19. The number of amides is 1. The fraction of sp³-hybridized carbons (Fsp3) is 0.391. The number of alkyl carbamates (subject to hydrolysis) is 1. The Morgan fingerprint density at radius 2 is 1.74 bits per heavy atom. The number of hydrogen-bond acceptors (Lipinski definition) is 6. The average Bonchev–Trinajstić information content (AvgIpc) is 2.76. The van der Waals surface area contributed by atoms with E-state index in [1.165, 1.54) is 0 Å². The maximum atomic E-state index is 12.3. The van der Waals surface area contributed by atoms with Crippen molar-refractivity contribution in [3.05, 3.63) is 66.2 Å². The van der Waals surface area contributed by atoms with Gasteiger partial charge in [-0.2, -0.15) is 0 Å². The van der Waals surface area contributed by atoms with Gasteiger partial charge in [0.2, 0.25) is 0 Å². The number of para-hydroxylation sites is 1. The molecule has 2 aromatic carbocycles. The van der Waals surface area contributed by atoms with Crippen LogP contribution in [0.15, 0.2) is 60.7 Å². The van der Waals surface area contributed by atoms with E-state index in [9.17, 15) is 9.59 Å². The Labute approximate surface area is 184 Å². The van der Waals surface area contributed by atoms with Gasteiger partial charge in [0.05, 0.1) is 0 Å². The van der Waals surface area contributed by atoms with Gasteiger partial charge in [0.1, 0.15) is 24.5 Å². The molecule has 2 atom stereocenters. The molecule has 3 rings (SSSR count). The molecule has 1 amide bonds. The summed E-state index contributed by atoms with van der Waals surface area (Å²) in [7, 11) is -1.22. The van der Waals surface area contributed by atoms with Crippen LogP contribution in [0, 0.1) is 0 Å². The molecule has 7 nitrogen and oxygen atoms in total. The first kappa shape index (κ1) is 23.0. The highest BCUT2D eigenvalue weighted by atomic mass is 31.2. The van der Waals surface area contributed by atoms with Crippen molar-refractivity contribution in [2.75, 3.05) is 12.7 Å². The molecule has 0 bridgehead atoms. The second-order valence-corrected chi connectivity index (χ2v) is 8.98. The molecule has 0 radical (unpaired) electrons. The molecule has 1 fully saturated rings. The average molecular weight is 444 g/mol. The summed E-state index contributed by atoms with van der Waals surface area (Å²) in [5, 5.41) is 5.97. The summed E-state index contributed by atoms with van der Waals surface area (Å²) in [6.07, 6.45) is 3.03. The monoisotopic (exact) mass is 444 g/mol.